The molecule has 1 aliphatic heterocycles. The first-order valence-electron chi connectivity index (χ1n) is 10.7. The van der Waals surface area contributed by atoms with Gasteiger partial charge >= 0.3 is 24.1 Å². The van der Waals surface area contributed by atoms with E-state index in [0.29, 0.717) is 19.5 Å². The predicted octanol–water partition coefficient (Wildman–Crippen LogP) is 2.74. The fourth-order valence-corrected chi connectivity index (χ4v) is 3.28. The number of esters is 2. The zero-order valence-electron chi connectivity index (χ0n) is 18.9. The molecular weight excluding hydrogens is 494 g/mol. The number of nitro benzene ring substituents is 2. The number of hydrogen-bond acceptors (Lipinski definition) is 11. The number of amides is 2. The number of carbonyl (C=O) groups excluding carboxylic acids is 4. The predicted molar refractivity (Wildman–Crippen MR) is 124 cm³/mol. The van der Waals surface area contributed by atoms with Gasteiger partial charge < -0.3 is 14.8 Å². The van der Waals surface area contributed by atoms with Crippen molar-refractivity contribution in [2.24, 2.45) is 10.9 Å². The summed E-state index contributed by atoms with van der Waals surface area (Å²) in [5.74, 6) is -2.48. The standard InChI is InChI=1S/C22H19N5O10/c28-19(14-1-5-16(6-2-14)26(32)33)36-21(30)24-18(11-13-9-10-23-12-13)25-22(31)37-20(29)15-3-7-17(8-4-15)27(34)35/h1-8,13,23H,9-12H2,(H,24,25,30,31)/t13-/m1/s1. The molecule has 3 rings (SSSR count). The molecule has 15 heteroatoms. The smallest absolute Gasteiger partial charge is 0.372 e. The van der Waals surface area contributed by atoms with Crippen LogP contribution in [-0.4, -0.2) is 52.9 Å². The van der Waals surface area contributed by atoms with Crippen molar-refractivity contribution in [3.63, 3.8) is 0 Å². The van der Waals surface area contributed by atoms with Crippen molar-refractivity contribution in [2.45, 2.75) is 12.8 Å². The van der Waals surface area contributed by atoms with Gasteiger partial charge in [0.2, 0.25) is 0 Å². The quantitative estimate of drug-likeness (QED) is 0.143. The normalized spacial score (nSPS) is 14.9. The maximum Gasteiger partial charge on any atom is 0.443 e. The van der Waals surface area contributed by atoms with Crippen LogP contribution in [0.3, 0.4) is 0 Å². The lowest BCUT2D eigenvalue weighted by molar-refractivity contribution is -0.385. The lowest BCUT2D eigenvalue weighted by Gasteiger charge is -2.12. The van der Waals surface area contributed by atoms with E-state index in [1.54, 1.807) is 0 Å². The molecule has 1 aliphatic rings. The Kier molecular flexibility index (Phi) is 8.67. The summed E-state index contributed by atoms with van der Waals surface area (Å²) in [4.78, 5) is 72.6. The van der Waals surface area contributed by atoms with Crippen LogP contribution in [0, 0.1) is 26.1 Å². The van der Waals surface area contributed by atoms with Crippen molar-refractivity contribution in [3.8, 4) is 0 Å². The van der Waals surface area contributed by atoms with Crippen LogP contribution in [0.4, 0.5) is 21.0 Å². The van der Waals surface area contributed by atoms with Gasteiger partial charge in [0, 0.05) is 30.7 Å². The number of nitro groups is 2. The number of non-ortho nitro benzene ring substituents is 2. The summed E-state index contributed by atoms with van der Waals surface area (Å²) in [7, 11) is 0. The van der Waals surface area contributed by atoms with Crippen molar-refractivity contribution >= 4 is 41.3 Å². The van der Waals surface area contributed by atoms with Gasteiger partial charge in [-0.3, -0.25) is 25.5 Å². The highest BCUT2D eigenvalue weighted by Crippen LogP contribution is 2.15. The van der Waals surface area contributed by atoms with E-state index >= 15 is 0 Å². The Labute approximate surface area is 207 Å². The lowest BCUT2D eigenvalue weighted by Crippen LogP contribution is -2.35. The van der Waals surface area contributed by atoms with E-state index < -0.39 is 34.0 Å². The summed E-state index contributed by atoms with van der Waals surface area (Å²) in [6, 6.07) is 8.65. The first-order valence-corrected chi connectivity index (χ1v) is 10.7. The Hall–Kier alpha value is -5.05. The molecule has 0 radical (unpaired) electrons. The van der Waals surface area contributed by atoms with E-state index in [9.17, 15) is 39.4 Å². The molecule has 2 aromatic rings. The number of nitrogens with zero attached hydrogens (tertiary/aromatic N) is 3. The van der Waals surface area contributed by atoms with Crippen molar-refractivity contribution < 1.29 is 38.5 Å². The van der Waals surface area contributed by atoms with Crippen LogP contribution >= 0.6 is 0 Å². The first-order chi connectivity index (χ1) is 17.6. The SMILES string of the molecule is O=C(N=C(C[C@H]1CCNC1)NC(=O)OC(=O)c1ccc([N+](=O)[O-])cc1)OC(=O)c1ccc([N+](=O)[O-])cc1. The molecule has 2 amide bonds. The third-order valence-corrected chi connectivity index (χ3v) is 5.11. The van der Waals surface area contributed by atoms with Gasteiger partial charge in [0.15, 0.2) is 0 Å². The number of aliphatic imine (C=N–C) groups is 1. The molecule has 15 nitrogen and oxygen atoms in total. The maximum atomic E-state index is 12.3. The maximum absolute atomic E-state index is 12.3. The average molecular weight is 513 g/mol. The van der Waals surface area contributed by atoms with Gasteiger partial charge in [-0.15, -0.1) is 0 Å². The van der Waals surface area contributed by atoms with Gasteiger partial charge in [0.1, 0.15) is 5.84 Å². The number of ether oxygens (including phenoxy) is 2. The summed E-state index contributed by atoms with van der Waals surface area (Å²) < 4.78 is 9.29. The molecule has 1 heterocycles. The molecule has 0 aromatic heterocycles. The van der Waals surface area contributed by atoms with Crippen LogP contribution < -0.4 is 10.6 Å². The molecule has 0 unspecified atom stereocenters. The average Bonchev–Trinajstić information content (AvgIpc) is 3.36. The number of alkyl carbamates (subject to hydrolysis) is 1. The number of carbonyl (C=O) groups is 4. The van der Waals surface area contributed by atoms with Crippen molar-refractivity contribution in [3.05, 3.63) is 79.9 Å². The van der Waals surface area contributed by atoms with Crippen molar-refractivity contribution in [1.29, 1.82) is 0 Å². The number of rotatable bonds is 6. The van der Waals surface area contributed by atoms with Crippen LogP contribution in [0.25, 0.3) is 0 Å². The van der Waals surface area contributed by atoms with Crippen LogP contribution in [-0.2, 0) is 9.47 Å². The second-order valence-electron chi connectivity index (χ2n) is 7.69. The highest BCUT2D eigenvalue weighted by Gasteiger charge is 2.23. The van der Waals surface area contributed by atoms with Gasteiger partial charge in [-0.25, -0.2) is 19.2 Å². The third-order valence-electron chi connectivity index (χ3n) is 5.11. The largest absolute Gasteiger partial charge is 0.443 e. The molecule has 0 bridgehead atoms. The van der Waals surface area contributed by atoms with E-state index in [0.717, 1.165) is 48.5 Å². The minimum atomic E-state index is -1.37. The molecule has 2 aromatic carbocycles. The monoisotopic (exact) mass is 513 g/mol. The summed E-state index contributed by atoms with van der Waals surface area (Å²) >= 11 is 0. The molecule has 1 atom stereocenters. The minimum absolute atomic E-state index is 0.0254. The lowest BCUT2D eigenvalue weighted by atomic mass is 10.0. The number of amidine groups is 1. The van der Waals surface area contributed by atoms with E-state index in [1.165, 1.54) is 0 Å². The van der Waals surface area contributed by atoms with E-state index in [2.05, 4.69) is 25.1 Å². The summed E-state index contributed by atoms with van der Waals surface area (Å²) in [6.07, 6.45) is -1.86. The second-order valence-corrected chi connectivity index (χ2v) is 7.69. The Balaban J connectivity index is 1.66. The second kappa shape index (κ2) is 12.1. The fraction of sp³-hybridized carbons (Fsp3) is 0.227. The van der Waals surface area contributed by atoms with Crippen LogP contribution in [0.15, 0.2) is 53.5 Å². The molecular formula is C22H19N5O10. The third kappa shape index (κ3) is 7.72. The zero-order chi connectivity index (χ0) is 26.9. The number of benzene rings is 2. The highest BCUT2D eigenvalue weighted by molar-refractivity contribution is 6.06. The first kappa shape index (κ1) is 26.6. The minimum Gasteiger partial charge on any atom is -0.372 e. The number of nitrogens with one attached hydrogen (secondary N) is 2. The van der Waals surface area contributed by atoms with Gasteiger partial charge in [-0.1, -0.05) is 0 Å². The van der Waals surface area contributed by atoms with E-state index in [1.807, 2.05) is 0 Å². The highest BCUT2D eigenvalue weighted by atomic mass is 16.6. The van der Waals surface area contributed by atoms with Gasteiger partial charge in [0.25, 0.3) is 11.4 Å². The van der Waals surface area contributed by atoms with E-state index in [-0.39, 0.29) is 40.7 Å². The van der Waals surface area contributed by atoms with Crippen LogP contribution in [0.2, 0.25) is 0 Å². The van der Waals surface area contributed by atoms with Gasteiger partial charge in [-0.05, 0) is 49.7 Å². The van der Waals surface area contributed by atoms with Gasteiger partial charge in [-0.2, -0.15) is 4.99 Å². The Morgan fingerprint density at radius 3 is 1.86 bits per heavy atom. The molecule has 37 heavy (non-hydrogen) atoms. The molecule has 0 spiro atoms. The van der Waals surface area contributed by atoms with Crippen molar-refractivity contribution in [1.82, 2.24) is 10.6 Å². The van der Waals surface area contributed by atoms with Gasteiger partial charge in [0.05, 0.1) is 21.0 Å². The summed E-state index contributed by atoms with van der Waals surface area (Å²) in [5, 5.41) is 26.7. The topological polar surface area (TPSA) is 209 Å². The Morgan fingerprint density at radius 1 is 0.892 bits per heavy atom. The van der Waals surface area contributed by atoms with Crippen molar-refractivity contribution in [2.75, 3.05) is 13.1 Å². The Morgan fingerprint density at radius 2 is 1.41 bits per heavy atom. The number of hydrogen-bond donors (Lipinski definition) is 2. The molecule has 2 N–H and O–H groups in total. The molecule has 1 fully saturated rings. The zero-order valence-corrected chi connectivity index (χ0v) is 18.9. The summed E-state index contributed by atoms with van der Waals surface area (Å²) in [6.45, 7) is 1.26. The molecule has 1 saturated heterocycles. The molecule has 0 aliphatic carbocycles. The summed E-state index contributed by atoms with van der Waals surface area (Å²) in [5.41, 5.74) is -0.800. The fourth-order valence-electron chi connectivity index (χ4n) is 3.28. The van der Waals surface area contributed by atoms with Crippen LogP contribution in [0.5, 0.6) is 0 Å². The molecule has 192 valence electrons. The van der Waals surface area contributed by atoms with E-state index in [4.69, 9.17) is 0 Å². The molecule has 0 saturated carbocycles. The van der Waals surface area contributed by atoms with Crippen LogP contribution in [0.1, 0.15) is 33.6 Å². The Bertz CT molecular complexity index is 1250.